The monoisotopic (exact) mass is 324 g/mol. The van der Waals surface area contributed by atoms with Gasteiger partial charge in [-0.25, -0.2) is 4.68 Å². The number of benzene rings is 1. The molecule has 6 heteroatoms. The molecule has 1 aromatic carbocycles. The largest absolute Gasteiger partial charge is 0.492 e. The first kappa shape index (κ1) is 13.6. The predicted molar refractivity (Wildman–Crippen MR) is 73.7 cm³/mol. The third-order valence-electron chi connectivity index (χ3n) is 2.49. The molecule has 0 radical (unpaired) electrons. The Bertz CT molecular complexity index is 578. The Morgan fingerprint density at radius 1 is 1.42 bits per heavy atom. The van der Waals surface area contributed by atoms with E-state index in [1.807, 2.05) is 24.3 Å². The first-order chi connectivity index (χ1) is 9.10. The molecule has 0 fully saturated rings. The number of nitrogens with zero attached hydrogens (tertiary/aromatic N) is 2. The van der Waals surface area contributed by atoms with E-state index in [1.54, 1.807) is 6.92 Å². The Morgan fingerprint density at radius 3 is 2.74 bits per heavy atom. The molecule has 0 aliphatic carbocycles. The first-order valence-corrected chi connectivity index (χ1v) is 6.58. The zero-order valence-electron chi connectivity index (χ0n) is 10.3. The summed E-state index contributed by atoms with van der Waals surface area (Å²) in [4.78, 5) is 11.5. The number of carbonyl (C=O) groups excluding carboxylic acids is 1. The normalized spacial score (nSPS) is 10.4. The van der Waals surface area contributed by atoms with Gasteiger partial charge < -0.3 is 9.84 Å². The molecule has 0 unspecified atom stereocenters. The molecule has 1 aromatic heterocycles. The number of halogens is 1. The van der Waals surface area contributed by atoms with Crippen LogP contribution < -0.4 is 0 Å². The van der Waals surface area contributed by atoms with Crippen molar-refractivity contribution in [2.75, 3.05) is 6.61 Å². The molecular formula is C13H13BrN2O3. The van der Waals surface area contributed by atoms with Crippen molar-refractivity contribution in [2.24, 2.45) is 0 Å². The summed E-state index contributed by atoms with van der Waals surface area (Å²) in [6, 6.07) is 9.04. The van der Waals surface area contributed by atoms with E-state index in [1.165, 1.54) is 10.7 Å². The van der Waals surface area contributed by atoms with Crippen LogP contribution in [-0.2, 0) is 16.1 Å². The van der Waals surface area contributed by atoms with Crippen molar-refractivity contribution < 1.29 is 14.6 Å². The van der Waals surface area contributed by atoms with E-state index < -0.39 is 0 Å². The fourth-order valence-electron chi connectivity index (χ4n) is 1.71. The molecule has 0 atom stereocenters. The molecule has 2 aromatic rings. The summed E-state index contributed by atoms with van der Waals surface area (Å²) in [6.07, 6.45) is 0. The lowest BCUT2D eigenvalue weighted by molar-refractivity contribution is -0.144. The molecule has 5 nitrogen and oxygen atoms in total. The van der Waals surface area contributed by atoms with Crippen molar-refractivity contribution in [3.05, 3.63) is 34.8 Å². The second-order valence-electron chi connectivity index (χ2n) is 3.86. The quantitative estimate of drug-likeness (QED) is 0.878. The summed E-state index contributed by atoms with van der Waals surface area (Å²) in [5.41, 5.74) is 1.53. The molecule has 19 heavy (non-hydrogen) atoms. The number of aromatic nitrogens is 2. The molecule has 0 bridgehead atoms. The highest BCUT2D eigenvalue weighted by atomic mass is 79.9. The van der Waals surface area contributed by atoms with E-state index in [0.717, 1.165) is 10.0 Å². The van der Waals surface area contributed by atoms with Gasteiger partial charge in [-0.1, -0.05) is 28.1 Å². The zero-order chi connectivity index (χ0) is 13.8. The van der Waals surface area contributed by atoms with Crippen molar-refractivity contribution >= 4 is 21.9 Å². The summed E-state index contributed by atoms with van der Waals surface area (Å²) < 4.78 is 7.26. The van der Waals surface area contributed by atoms with Crippen LogP contribution in [0, 0.1) is 0 Å². The molecule has 1 N–H and O–H groups in total. The minimum absolute atomic E-state index is 0.0280. The molecule has 0 spiro atoms. The summed E-state index contributed by atoms with van der Waals surface area (Å²) in [6.45, 7) is 2.04. The highest BCUT2D eigenvalue weighted by Crippen LogP contribution is 2.24. The molecule has 2 rings (SSSR count). The van der Waals surface area contributed by atoms with Crippen LogP contribution >= 0.6 is 15.9 Å². The van der Waals surface area contributed by atoms with Crippen LogP contribution in [0.1, 0.15) is 6.92 Å². The van der Waals surface area contributed by atoms with Gasteiger partial charge in [-0.3, -0.25) is 4.79 Å². The van der Waals surface area contributed by atoms with Crippen molar-refractivity contribution in [2.45, 2.75) is 13.5 Å². The Kier molecular flexibility index (Phi) is 4.21. The van der Waals surface area contributed by atoms with Gasteiger partial charge in [0, 0.05) is 16.1 Å². The van der Waals surface area contributed by atoms with Gasteiger partial charge >= 0.3 is 5.97 Å². The molecule has 0 saturated carbocycles. The maximum Gasteiger partial charge on any atom is 0.327 e. The van der Waals surface area contributed by atoms with Crippen LogP contribution in [0.15, 0.2) is 34.8 Å². The molecular weight excluding hydrogens is 312 g/mol. The third-order valence-corrected chi connectivity index (χ3v) is 3.02. The lowest BCUT2D eigenvalue weighted by atomic mass is 10.1. The smallest absolute Gasteiger partial charge is 0.327 e. The Labute approximate surface area is 118 Å². The van der Waals surface area contributed by atoms with Crippen LogP contribution in [0.25, 0.3) is 11.3 Å². The molecule has 0 aliphatic rings. The second-order valence-corrected chi connectivity index (χ2v) is 4.77. The van der Waals surface area contributed by atoms with E-state index in [4.69, 9.17) is 4.74 Å². The standard InChI is InChI=1S/C13H13BrN2O3/c1-2-19-13(18)8-16-11(7-12(17)15-16)9-3-5-10(14)6-4-9/h3-7H,2,8H2,1H3,(H,15,17). The fourth-order valence-corrected chi connectivity index (χ4v) is 1.97. The maximum atomic E-state index is 11.5. The van der Waals surface area contributed by atoms with Gasteiger partial charge in [0.15, 0.2) is 0 Å². The van der Waals surface area contributed by atoms with E-state index in [0.29, 0.717) is 12.3 Å². The molecule has 100 valence electrons. The average molecular weight is 325 g/mol. The van der Waals surface area contributed by atoms with Gasteiger partial charge in [0.05, 0.1) is 12.3 Å². The summed E-state index contributed by atoms with van der Waals surface area (Å²) >= 11 is 3.36. The van der Waals surface area contributed by atoms with E-state index >= 15 is 0 Å². The van der Waals surface area contributed by atoms with Crippen molar-refractivity contribution in [1.82, 2.24) is 9.78 Å². The molecule has 0 amide bonds. The zero-order valence-corrected chi connectivity index (χ0v) is 11.9. The minimum Gasteiger partial charge on any atom is -0.492 e. The number of aromatic hydroxyl groups is 1. The van der Waals surface area contributed by atoms with Crippen molar-refractivity contribution in [3.63, 3.8) is 0 Å². The maximum absolute atomic E-state index is 11.5. The van der Waals surface area contributed by atoms with Crippen molar-refractivity contribution in [1.29, 1.82) is 0 Å². The van der Waals surface area contributed by atoms with Gasteiger partial charge in [0.25, 0.3) is 0 Å². The number of rotatable bonds is 4. The number of hydrogen-bond donors (Lipinski definition) is 1. The number of carbonyl (C=O) groups is 1. The fraction of sp³-hybridized carbons (Fsp3) is 0.231. The summed E-state index contributed by atoms with van der Waals surface area (Å²) in [5, 5.41) is 13.4. The van der Waals surface area contributed by atoms with E-state index in [2.05, 4.69) is 21.0 Å². The first-order valence-electron chi connectivity index (χ1n) is 5.78. The van der Waals surface area contributed by atoms with Crippen LogP contribution in [-0.4, -0.2) is 27.5 Å². The summed E-state index contributed by atoms with van der Waals surface area (Å²) in [5.74, 6) is -0.508. The van der Waals surface area contributed by atoms with Crippen molar-refractivity contribution in [3.8, 4) is 17.1 Å². The topological polar surface area (TPSA) is 64.4 Å². The van der Waals surface area contributed by atoms with Gasteiger partial charge in [-0.15, -0.1) is 5.10 Å². The molecule has 0 saturated heterocycles. The number of esters is 1. The van der Waals surface area contributed by atoms with Gasteiger partial charge in [0.1, 0.15) is 6.54 Å². The highest BCUT2D eigenvalue weighted by Gasteiger charge is 2.13. The Morgan fingerprint density at radius 2 is 2.11 bits per heavy atom. The minimum atomic E-state index is -0.385. The Hall–Kier alpha value is -1.82. The molecule has 0 aliphatic heterocycles. The SMILES string of the molecule is CCOC(=O)Cn1nc(O)cc1-c1ccc(Br)cc1. The third kappa shape index (κ3) is 3.35. The average Bonchev–Trinajstić information content (AvgIpc) is 2.71. The van der Waals surface area contributed by atoms with Gasteiger partial charge in [-0.2, -0.15) is 0 Å². The summed E-state index contributed by atoms with van der Waals surface area (Å²) in [7, 11) is 0. The molecule has 1 heterocycles. The number of ether oxygens (including phenoxy) is 1. The van der Waals surface area contributed by atoms with Crippen LogP contribution in [0.2, 0.25) is 0 Å². The van der Waals surface area contributed by atoms with Crippen LogP contribution in [0.4, 0.5) is 0 Å². The van der Waals surface area contributed by atoms with Gasteiger partial charge in [0.2, 0.25) is 5.88 Å². The van der Waals surface area contributed by atoms with Crippen LogP contribution in [0.3, 0.4) is 0 Å². The lowest BCUT2D eigenvalue weighted by Crippen LogP contribution is -2.15. The second kappa shape index (κ2) is 5.88. The van der Waals surface area contributed by atoms with E-state index in [-0.39, 0.29) is 18.4 Å². The van der Waals surface area contributed by atoms with Crippen LogP contribution in [0.5, 0.6) is 5.88 Å². The highest BCUT2D eigenvalue weighted by molar-refractivity contribution is 9.10. The van der Waals surface area contributed by atoms with Gasteiger partial charge in [-0.05, 0) is 19.1 Å². The lowest BCUT2D eigenvalue weighted by Gasteiger charge is -2.06. The number of hydrogen-bond acceptors (Lipinski definition) is 4. The van der Waals surface area contributed by atoms with E-state index in [9.17, 15) is 9.90 Å². The predicted octanol–water partition coefficient (Wildman–Crippen LogP) is 2.58. The Balaban J connectivity index is 2.30.